The topological polar surface area (TPSA) is 86.0 Å². The summed E-state index contributed by atoms with van der Waals surface area (Å²) in [6.45, 7) is 5.74. The molecule has 28 heavy (non-hydrogen) atoms. The summed E-state index contributed by atoms with van der Waals surface area (Å²) in [4.78, 5) is 26.2. The van der Waals surface area contributed by atoms with Crippen molar-refractivity contribution in [2.24, 2.45) is 0 Å². The molecular formula is C22H22O6. The summed E-state index contributed by atoms with van der Waals surface area (Å²) in [6.07, 6.45) is 1.30. The Morgan fingerprint density at radius 1 is 1.04 bits per heavy atom. The monoisotopic (exact) mass is 382 g/mol. The van der Waals surface area contributed by atoms with Crippen LogP contribution < -0.4 is 14.9 Å². The molecule has 0 unspecified atom stereocenters. The van der Waals surface area contributed by atoms with Crippen molar-refractivity contribution in [2.45, 2.75) is 45.4 Å². The zero-order chi connectivity index (χ0) is 20.1. The minimum absolute atomic E-state index is 0.102. The second kappa shape index (κ2) is 6.55. The van der Waals surface area contributed by atoms with Gasteiger partial charge >= 0.3 is 0 Å². The molecule has 0 fully saturated rings. The van der Waals surface area contributed by atoms with Gasteiger partial charge in [0.25, 0.3) is 0 Å². The number of hydrogen-bond acceptors (Lipinski definition) is 6. The fraction of sp³-hybridized carbons (Fsp3) is 0.364. The summed E-state index contributed by atoms with van der Waals surface area (Å²) in [6, 6.07) is 6.62. The van der Waals surface area contributed by atoms with E-state index in [0.29, 0.717) is 47.7 Å². The largest absolute Gasteiger partial charge is 0.507 e. The fourth-order valence-corrected chi connectivity index (χ4v) is 4.12. The average molecular weight is 382 g/mol. The first kappa shape index (κ1) is 18.3. The van der Waals surface area contributed by atoms with Crippen molar-refractivity contribution in [3.05, 3.63) is 51.4 Å². The molecule has 0 atom stereocenters. The summed E-state index contributed by atoms with van der Waals surface area (Å²) >= 11 is 0. The zero-order valence-corrected chi connectivity index (χ0v) is 16.1. The Morgan fingerprint density at radius 3 is 2.43 bits per heavy atom. The first-order valence-corrected chi connectivity index (χ1v) is 9.52. The second-order valence-electron chi connectivity index (χ2n) is 7.05. The molecule has 2 aliphatic rings. The Bertz CT molecular complexity index is 1060. The predicted molar refractivity (Wildman–Crippen MR) is 104 cm³/mol. The van der Waals surface area contributed by atoms with Crippen LogP contribution in [0.25, 0.3) is 17.1 Å². The molecular weight excluding hydrogens is 360 g/mol. The van der Waals surface area contributed by atoms with Crippen molar-refractivity contribution in [1.82, 2.24) is 0 Å². The van der Waals surface area contributed by atoms with Gasteiger partial charge in [-0.3, -0.25) is 9.59 Å². The highest BCUT2D eigenvalue weighted by Crippen LogP contribution is 2.45. The first-order valence-electron chi connectivity index (χ1n) is 9.52. The predicted octanol–water partition coefficient (Wildman–Crippen LogP) is 4.36. The number of carbonyl (C=O) groups is 1. The summed E-state index contributed by atoms with van der Waals surface area (Å²) < 4.78 is 16.9. The second-order valence-corrected chi connectivity index (χ2v) is 7.05. The van der Waals surface area contributed by atoms with Gasteiger partial charge in [-0.2, -0.15) is 0 Å². The van der Waals surface area contributed by atoms with Crippen molar-refractivity contribution < 1.29 is 23.8 Å². The fourth-order valence-electron chi connectivity index (χ4n) is 4.12. The molecule has 1 aromatic heterocycles. The first-order chi connectivity index (χ1) is 13.5. The van der Waals surface area contributed by atoms with E-state index in [0.717, 1.165) is 0 Å². The highest BCUT2D eigenvalue weighted by Gasteiger charge is 2.48. The van der Waals surface area contributed by atoms with Crippen molar-refractivity contribution in [3.8, 4) is 22.8 Å². The normalized spacial score (nSPS) is 17.0. The van der Waals surface area contributed by atoms with Crippen LogP contribution in [0.3, 0.4) is 0 Å². The van der Waals surface area contributed by atoms with E-state index >= 15 is 0 Å². The molecule has 1 aliphatic carbocycles. The molecule has 2 aromatic rings. The number of aliphatic hydroxyl groups excluding tert-OH is 1. The molecule has 2 heterocycles. The summed E-state index contributed by atoms with van der Waals surface area (Å²) in [5.74, 6) is 1.35. The van der Waals surface area contributed by atoms with E-state index in [1.807, 2.05) is 13.8 Å². The standard InChI is InChI=1S/C22H22O6/c1-4-13-19(24)18-14(23)10-16(12-7-8-15-17(9-12)27-11-26-15)28-21(18)22(5-2,6-3)20(13)25/h7-10,24H,4-6,11H2,1-3H3. The van der Waals surface area contributed by atoms with Gasteiger partial charge < -0.3 is 19.0 Å². The van der Waals surface area contributed by atoms with Gasteiger partial charge in [0.1, 0.15) is 22.8 Å². The van der Waals surface area contributed by atoms with Crippen molar-refractivity contribution >= 4 is 11.5 Å². The van der Waals surface area contributed by atoms with Gasteiger partial charge in [0.05, 0.1) is 5.41 Å². The average Bonchev–Trinajstić information content (AvgIpc) is 3.16. The van der Waals surface area contributed by atoms with E-state index in [1.165, 1.54) is 6.07 Å². The van der Waals surface area contributed by atoms with E-state index in [1.54, 1.807) is 25.1 Å². The molecule has 4 rings (SSSR count). The van der Waals surface area contributed by atoms with Gasteiger partial charge in [-0.15, -0.1) is 0 Å². The summed E-state index contributed by atoms with van der Waals surface area (Å²) in [5.41, 5.74) is -0.291. The quantitative estimate of drug-likeness (QED) is 0.846. The minimum Gasteiger partial charge on any atom is -0.507 e. The van der Waals surface area contributed by atoms with Crippen LogP contribution in [0, 0.1) is 0 Å². The van der Waals surface area contributed by atoms with Gasteiger partial charge in [0, 0.05) is 17.2 Å². The van der Waals surface area contributed by atoms with Crippen LogP contribution in [0.4, 0.5) is 0 Å². The Labute approximate surface area is 162 Å². The van der Waals surface area contributed by atoms with E-state index in [-0.39, 0.29) is 35.1 Å². The highest BCUT2D eigenvalue weighted by atomic mass is 16.7. The third kappa shape index (κ3) is 2.40. The maximum absolute atomic E-state index is 13.2. The van der Waals surface area contributed by atoms with Gasteiger partial charge in [-0.25, -0.2) is 0 Å². The lowest BCUT2D eigenvalue weighted by Crippen LogP contribution is -2.41. The van der Waals surface area contributed by atoms with Crippen LogP contribution in [0.5, 0.6) is 11.5 Å². The number of ketones is 1. The molecule has 0 saturated heterocycles. The van der Waals surface area contributed by atoms with E-state index < -0.39 is 5.41 Å². The van der Waals surface area contributed by atoms with Crippen LogP contribution in [0.2, 0.25) is 0 Å². The van der Waals surface area contributed by atoms with Crippen molar-refractivity contribution in [1.29, 1.82) is 0 Å². The van der Waals surface area contributed by atoms with Crippen LogP contribution in [-0.2, 0) is 10.2 Å². The van der Waals surface area contributed by atoms with Crippen LogP contribution in [0.15, 0.2) is 39.1 Å². The number of fused-ring (bicyclic) bond motifs is 2. The maximum atomic E-state index is 13.2. The third-order valence-corrected chi connectivity index (χ3v) is 5.83. The molecule has 0 bridgehead atoms. The zero-order valence-electron chi connectivity index (χ0n) is 16.1. The Hall–Kier alpha value is -3.02. The lowest BCUT2D eigenvalue weighted by atomic mass is 9.68. The highest BCUT2D eigenvalue weighted by molar-refractivity contribution is 6.10. The number of aliphatic hydroxyl groups is 1. The Kier molecular flexibility index (Phi) is 4.29. The van der Waals surface area contributed by atoms with Gasteiger partial charge in [-0.1, -0.05) is 20.8 Å². The van der Waals surface area contributed by atoms with E-state index in [9.17, 15) is 14.7 Å². The van der Waals surface area contributed by atoms with Crippen molar-refractivity contribution in [2.75, 3.05) is 6.79 Å². The molecule has 0 amide bonds. The van der Waals surface area contributed by atoms with Gasteiger partial charge in [-0.05, 0) is 37.5 Å². The molecule has 0 spiro atoms. The lowest BCUT2D eigenvalue weighted by Gasteiger charge is -2.35. The molecule has 0 radical (unpaired) electrons. The molecule has 6 nitrogen and oxygen atoms in total. The van der Waals surface area contributed by atoms with Gasteiger partial charge in [0.15, 0.2) is 22.7 Å². The number of carbonyl (C=O) groups excluding carboxylic acids is 1. The van der Waals surface area contributed by atoms with Crippen LogP contribution in [-0.4, -0.2) is 17.7 Å². The molecule has 146 valence electrons. The number of ether oxygens (including phenoxy) is 2. The Balaban J connectivity index is 1.98. The maximum Gasteiger partial charge on any atom is 0.231 e. The SMILES string of the molecule is CCC1=C(O)c2c(oc(-c3ccc4c(c3)OCO4)cc2=O)C(CC)(CC)C1=O. The molecule has 1 aliphatic heterocycles. The number of allylic oxidation sites excluding steroid dienone is 1. The molecule has 0 saturated carbocycles. The smallest absolute Gasteiger partial charge is 0.231 e. The van der Waals surface area contributed by atoms with Gasteiger partial charge in [0.2, 0.25) is 6.79 Å². The van der Waals surface area contributed by atoms with Crippen LogP contribution >= 0.6 is 0 Å². The molecule has 1 aromatic carbocycles. The van der Waals surface area contributed by atoms with Crippen LogP contribution in [0.1, 0.15) is 51.4 Å². The Morgan fingerprint density at radius 2 is 1.75 bits per heavy atom. The summed E-state index contributed by atoms with van der Waals surface area (Å²) in [5, 5.41) is 10.6. The minimum atomic E-state index is -0.960. The number of rotatable bonds is 4. The van der Waals surface area contributed by atoms with E-state index in [2.05, 4.69) is 0 Å². The number of Topliss-reactive ketones (excluding diaryl/α,β-unsaturated/α-hetero) is 1. The number of benzene rings is 1. The molecule has 1 N–H and O–H groups in total. The van der Waals surface area contributed by atoms with Crippen molar-refractivity contribution in [3.63, 3.8) is 0 Å². The number of hydrogen-bond donors (Lipinski definition) is 1. The molecule has 6 heteroatoms. The van der Waals surface area contributed by atoms with E-state index in [4.69, 9.17) is 13.9 Å². The summed E-state index contributed by atoms with van der Waals surface area (Å²) in [7, 11) is 0. The third-order valence-electron chi connectivity index (χ3n) is 5.83. The lowest BCUT2D eigenvalue weighted by molar-refractivity contribution is -0.122.